The van der Waals surface area contributed by atoms with Gasteiger partial charge in [0.15, 0.2) is 12.2 Å². The number of aliphatic hydroxyl groups is 1. The Hall–Kier alpha value is -1.94. The molecule has 0 aliphatic carbocycles. The first-order chi connectivity index (χ1) is 46.9. The lowest BCUT2D eigenvalue weighted by Gasteiger charge is -2.21. The highest BCUT2D eigenvalue weighted by Crippen LogP contribution is 2.45. The van der Waals surface area contributed by atoms with Crippen molar-refractivity contribution in [2.24, 2.45) is 11.8 Å². The SMILES string of the molecule is CCCCCCCCCCCCCCCCCCCCC(=O)OC[C@H](COP(=O)(O)OC[C@@H](O)COP(=O)(O)OC[C@@H](COC(=O)CCCCCCCCCC)OC(=O)CCCCCCCCCC(C)C)OC(=O)CCCCCCCCCCCCCCCCCCCCC(C)C. The molecule has 0 aliphatic heterocycles. The third kappa shape index (κ3) is 72.2. The maximum absolute atomic E-state index is 13.1. The molecule has 0 saturated carbocycles. The predicted octanol–water partition coefficient (Wildman–Crippen LogP) is 23.1. The zero-order chi connectivity index (χ0) is 71.4. The van der Waals surface area contributed by atoms with Crippen molar-refractivity contribution in [1.82, 2.24) is 0 Å². The highest BCUT2D eigenvalue weighted by molar-refractivity contribution is 7.47. The second-order valence-electron chi connectivity index (χ2n) is 29.1. The zero-order valence-corrected chi connectivity index (χ0v) is 65.2. The van der Waals surface area contributed by atoms with Crippen LogP contribution in [0.15, 0.2) is 0 Å². The Morgan fingerprint density at radius 2 is 0.474 bits per heavy atom. The van der Waals surface area contributed by atoms with Gasteiger partial charge in [0, 0.05) is 25.7 Å². The normalized spacial score (nSPS) is 14.0. The standard InChI is InChI=1S/C78H152O17P2/c1-7-9-11-13-15-17-18-19-20-21-25-28-31-34-37-43-49-55-61-76(81)89-67-73(94-77(82)62-56-50-44-38-35-32-29-26-23-22-24-27-30-33-36-40-46-52-58-70(3)4)68-92-96(84,85)90-64-72(79)65-91-97(86,87)93-69-74(66-88-75(80)60-54-48-42-16-14-12-10-8-2)95-78(83)63-57-51-45-39-41-47-53-59-71(5)6/h70-74,79H,7-69H2,1-6H3,(H,84,85)(H,86,87)/t72-,73-,74-/m1/s1. The molecule has 0 saturated heterocycles. The summed E-state index contributed by atoms with van der Waals surface area (Å²) in [5, 5.41) is 10.6. The minimum absolute atomic E-state index is 0.104. The Bertz CT molecular complexity index is 1870. The molecule has 0 radical (unpaired) electrons. The van der Waals surface area contributed by atoms with Crippen molar-refractivity contribution >= 4 is 39.5 Å². The smallest absolute Gasteiger partial charge is 0.462 e. The van der Waals surface area contributed by atoms with Gasteiger partial charge in [0.05, 0.1) is 26.4 Å². The maximum Gasteiger partial charge on any atom is 0.472 e. The molecule has 0 aliphatic rings. The number of aliphatic hydroxyl groups excluding tert-OH is 1. The van der Waals surface area contributed by atoms with Crippen LogP contribution in [0.4, 0.5) is 0 Å². The summed E-state index contributed by atoms with van der Waals surface area (Å²) in [5.41, 5.74) is 0. The van der Waals surface area contributed by atoms with E-state index in [2.05, 4.69) is 41.5 Å². The largest absolute Gasteiger partial charge is 0.472 e. The van der Waals surface area contributed by atoms with Gasteiger partial charge >= 0.3 is 39.5 Å². The summed E-state index contributed by atoms with van der Waals surface area (Å²) in [7, 11) is -9.91. The summed E-state index contributed by atoms with van der Waals surface area (Å²) in [6, 6.07) is 0. The average molecular weight is 1420 g/mol. The van der Waals surface area contributed by atoms with Crippen LogP contribution in [-0.4, -0.2) is 96.7 Å². The molecular formula is C78H152O17P2. The van der Waals surface area contributed by atoms with Gasteiger partial charge in [-0.05, 0) is 37.5 Å². The van der Waals surface area contributed by atoms with Crippen molar-refractivity contribution in [3.05, 3.63) is 0 Å². The quantitative estimate of drug-likeness (QED) is 0.0222. The molecule has 0 rings (SSSR count). The van der Waals surface area contributed by atoms with Crippen LogP contribution in [0, 0.1) is 11.8 Å². The highest BCUT2D eigenvalue weighted by atomic mass is 31.2. The molecule has 576 valence electrons. The summed E-state index contributed by atoms with van der Waals surface area (Å²) in [4.78, 5) is 72.7. The van der Waals surface area contributed by atoms with Crippen LogP contribution in [-0.2, 0) is 65.4 Å². The number of hydrogen-bond acceptors (Lipinski definition) is 15. The van der Waals surface area contributed by atoms with Gasteiger partial charge in [0.2, 0.25) is 0 Å². The van der Waals surface area contributed by atoms with E-state index in [1.54, 1.807) is 0 Å². The molecule has 2 unspecified atom stereocenters. The van der Waals surface area contributed by atoms with Gasteiger partial charge in [-0.2, -0.15) is 0 Å². The first kappa shape index (κ1) is 95.1. The monoisotopic (exact) mass is 1420 g/mol. The lowest BCUT2D eigenvalue weighted by atomic mass is 10.0. The number of phosphoric ester groups is 2. The third-order valence-corrected chi connectivity index (χ3v) is 20.1. The molecule has 0 spiro atoms. The predicted molar refractivity (Wildman–Crippen MR) is 395 cm³/mol. The van der Waals surface area contributed by atoms with Crippen LogP contribution < -0.4 is 0 Å². The molecule has 0 aromatic rings. The summed E-state index contributed by atoms with van der Waals surface area (Å²) >= 11 is 0. The second kappa shape index (κ2) is 69.8. The van der Waals surface area contributed by atoms with E-state index in [1.807, 2.05) is 0 Å². The second-order valence-corrected chi connectivity index (χ2v) is 32.0. The van der Waals surface area contributed by atoms with Gasteiger partial charge < -0.3 is 33.8 Å². The lowest BCUT2D eigenvalue weighted by molar-refractivity contribution is -0.161. The van der Waals surface area contributed by atoms with Gasteiger partial charge in [-0.3, -0.25) is 37.3 Å². The van der Waals surface area contributed by atoms with E-state index in [0.717, 1.165) is 102 Å². The van der Waals surface area contributed by atoms with Crippen molar-refractivity contribution in [1.29, 1.82) is 0 Å². The zero-order valence-electron chi connectivity index (χ0n) is 63.4. The molecule has 0 amide bonds. The minimum Gasteiger partial charge on any atom is -0.462 e. The maximum atomic E-state index is 13.1. The van der Waals surface area contributed by atoms with Crippen molar-refractivity contribution in [2.45, 2.75) is 426 Å². The Labute approximate surface area is 594 Å². The Balaban J connectivity index is 5.17. The summed E-state index contributed by atoms with van der Waals surface area (Å²) in [6.45, 7) is 9.55. The van der Waals surface area contributed by atoms with Gasteiger partial charge in [-0.25, -0.2) is 9.13 Å². The van der Waals surface area contributed by atoms with Crippen LogP contribution in [0.1, 0.15) is 408 Å². The minimum atomic E-state index is -4.96. The molecule has 5 atom stereocenters. The van der Waals surface area contributed by atoms with Crippen LogP contribution in [0.5, 0.6) is 0 Å². The number of phosphoric acid groups is 2. The van der Waals surface area contributed by atoms with Crippen molar-refractivity contribution in [3.63, 3.8) is 0 Å². The van der Waals surface area contributed by atoms with E-state index in [4.69, 9.17) is 37.0 Å². The van der Waals surface area contributed by atoms with Crippen LogP contribution in [0.3, 0.4) is 0 Å². The van der Waals surface area contributed by atoms with E-state index < -0.39 is 97.5 Å². The Morgan fingerprint density at radius 1 is 0.278 bits per heavy atom. The number of esters is 4. The number of ether oxygens (including phenoxy) is 4. The van der Waals surface area contributed by atoms with Gasteiger partial charge in [0.25, 0.3) is 0 Å². The van der Waals surface area contributed by atoms with Crippen LogP contribution in [0.25, 0.3) is 0 Å². The van der Waals surface area contributed by atoms with Crippen molar-refractivity contribution in [2.75, 3.05) is 39.6 Å². The third-order valence-electron chi connectivity index (χ3n) is 18.2. The number of unbranched alkanes of at least 4 members (excludes halogenated alkanes) is 47. The molecule has 19 heteroatoms. The van der Waals surface area contributed by atoms with Gasteiger partial charge in [-0.1, -0.05) is 356 Å². The summed E-state index contributed by atoms with van der Waals surface area (Å²) < 4.78 is 68.5. The Morgan fingerprint density at radius 3 is 0.701 bits per heavy atom. The molecular weight excluding hydrogens is 1270 g/mol. The first-order valence-electron chi connectivity index (χ1n) is 40.5. The molecule has 0 fully saturated rings. The van der Waals surface area contributed by atoms with Crippen LogP contribution >= 0.6 is 15.6 Å². The average Bonchev–Trinajstić information content (AvgIpc) is 1.00. The van der Waals surface area contributed by atoms with E-state index in [9.17, 15) is 43.2 Å². The van der Waals surface area contributed by atoms with Gasteiger partial charge in [0.1, 0.15) is 19.3 Å². The molecule has 0 bridgehead atoms. The topological polar surface area (TPSA) is 237 Å². The fourth-order valence-electron chi connectivity index (χ4n) is 12.0. The molecule has 17 nitrogen and oxygen atoms in total. The van der Waals surface area contributed by atoms with E-state index in [0.29, 0.717) is 31.6 Å². The van der Waals surface area contributed by atoms with Crippen molar-refractivity contribution in [3.8, 4) is 0 Å². The molecule has 97 heavy (non-hydrogen) atoms. The van der Waals surface area contributed by atoms with Crippen molar-refractivity contribution < 1.29 is 80.2 Å². The summed E-state index contributed by atoms with van der Waals surface area (Å²) in [6.07, 6.45) is 58.6. The highest BCUT2D eigenvalue weighted by Gasteiger charge is 2.30. The molecule has 0 heterocycles. The number of carbonyl (C=O) groups excluding carboxylic acids is 4. The first-order valence-corrected chi connectivity index (χ1v) is 43.5. The van der Waals surface area contributed by atoms with E-state index in [-0.39, 0.29) is 25.7 Å². The Kier molecular flexibility index (Phi) is 68.4. The fourth-order valence-corrected chi connectivity index (χ4v) is 13.6. The van der Waals surface area contributed by atoms with Gasteiger partial charge in [-0.15, -0.1) is 0 Å². The molecule has 0 aromatic carbocycles. The number of hydrogen-bond donors (Lipinski definition) is 3. The molecule has 0 aromatic heterocycles. The van der Waals surface area contributed by atoms with E-state index >= 15 is 0 Å². The molecule has 3 N–H and O–H groups in total. The number of carbonyl (C=O) groups is 4. The van der Waals surface area contributed by atoms with E-state index in [1.165, 1.54) is 218 Å². The van der Waals surface area contributed by atoms with Crippen LogP contribution in [0.2, 0.25) is 0 Å². The summed E-state index contributed by atoms with van der Waals surface area (Å²) in [5.74, 6) is -0.602. The fraction of sp³-hybridized carbons (Fsp3) is 0.949. The number of rotatable bonds is 77. The lowest BCUT2D eigenvalue weighted by Crippen LogP contribution is -2.30.